The van der Waals surface area contributed by atoms with Gasteiger partial charge in [0, 0.05) is 19.3 Å². The van der Waals surface area contributed by atoms with Crippen LogP contribution in [0.4, 0.5) is 0 Å². The Balaban J connectivity index is 4.39. The quantitative estimate of drug-likeness (QED) is 0.0200. The van der Waals surface area contributed by atoms with Crippen molar-refractivity contribution >= 4 is 17.9 Å². The van der Waals surface area contributed by atoms with Crippen LogP contribution in [0.5, 0.6) is 0 Å². The van der Waals surface area contributed by atoms with Gasteiger partial charge in [-0.3, -0.25) is 14.4 Å². The van der Waals surface area contributed by atoms with Crippen LogP contribution in [-0.2, 0) is 28.6 Å². The summed E-state index contributed by atoms with van der Waals surface area (Å²) in [6.45, 7) is 6.48. The van der Waals surface area contributed by atoms with Crippen LogP contribution in [0.15, 0.2) is 48.6 Å². The highest BCUT2D eigenvalue weighted by Gasteiger charge is 2.19. The Hall–Kier alpha value is -2.63. The summed E-state index contributed by atoms with van der Waals surface area (Å²) < 4.78 is 16.7. The number of allylic oxidation sites excluding steroid dienone is 8. The van der Waals surface area contributed by atoms with Crippen LogP contribution in [0.3, 0.4) is 0 Å². The van der Waals surface area contributed by atoms with Crippen molar-refractivity contribution in [1.29, 1.82) is 0 Å². The minimum atomic E-state index is -0.779. The normalized spacial score (nSPS) is 12.4. The van der Waals surface area contributed by atoms with Gasteiger partial charge in [0.1, 0.15) is 13.2 Å². The first-order valence-electron chi connectivity index (χ1n) is 24.7. The highest BCUT2D eigenvalue weighted by molar-refractivity contribution is 5.71. The number of hydrogen-bond donors (Lipinski definition) is 0. The molecule has 6 nitrogen and oxygen atoms in total. The summed E-state index contributed by atoms with van der Waals surface area (Å²) in [5.74, 6) is -0.903. The number of unbranched alkanes of at least 4 members (excludes halogenated alkanes) is 26. The van der Waals surface area contributed by atoms with Gasteiger partial charge in [-0.15, -0.1) is 0 Å². The van der Waals surface area contributed by atoms with Crippen LogP contribution in [0.2, 0.25) is 0 Å². The fourth-order valence-corrected chi connectivity index (χ4v) is 6.88. The van der Waals surface area contributed by atoms with Crippen molar-refractivity contribution in [2.45, 2.75) is 252 Å². The van der Waals surface area contributed by atoms with Crippen LogP contribution in [0.25, 0.3) is 0 Å². The van der Waals surface area contributed by atoms with Gasteiger partial charge in [0.15, 0.2) is 6.10 Å². The molecule has 0 rings (SSSR count). The third kappa shape index (κ3) is 44.5. The monoisotopic (exact) mass is 813 g/mol. The van der Waals surface area contributed by atoms with Gasteiger partial charge >= 0.3 is 17.9 Å². The van der Waals surface area contributed by atoms with E-state index < -0.39 is 6.10 Å². The van der Waals surface area contributed by atoms with Crippen LogP contribution < -0.4 is 0 Å². The Bertz CT molecular complexity index is 1030. The number of carbonyl (C=O) groups is 3. The lowest BCUT2D eigenvalue weighted by molar-refractivity contribution is -0.167. The number of esters is 3. The van der Waals surface area contributed by atoms with Gasteiger partial charge < -0.3 is 14.2 Å². The molecule has 0 radical (unpaired) electrons. The SMILES string of the molecule is CC/C=C\C/C=C\CCCCCCCC(=O)OCC(COC(=O)CCCCCCCC/C=C\C=C/CCCCC)OC(=O)CCCCCCCCCCCCCCC. The molecule has 0 aliphatic carbocycles. The molecule has 1 unspecified atom stereocenters. The summed E-state index contributed by atoms with van der Waals surface area (Å²) in [5.41, 5.74) is 0. The van der Waals surface area contributed by atoms with Gasteiger partial charge in [0.2, 0.25) is 0 Å². The van der Waals surface area contributed by atoms with Crippen molar-refractivity contribution in [1.82, 2.24) is 0 Å². The zero-order valence-electron chi connectivity index (χ0n) is 38.3. The largest absolute Gasteiger partial charge is 0.462 e. The zero-order valence-corrected chi connectivity index (χ0v) is 38.3. The first-order valence-corrected chi connectivity index (χ1v) is 24.7. The first-order chi connectivity index (χ1) is 28.5. The first kappa shape index (κ1) is 55.4. The van der Waals surface area contributed by atoms with Gasteiger partial charge in [-0.1, -0.05) is 204 Å². The third-order valence-corrected chi connectivity index (χ3v) is 10.6. The van der Waals surface area contributed by atoms with Crippen LogP contribution in [0.1, 0.15) is 245 Å². The van der Waals surface area contributed by atoms with E-state index in [1.807, 2.05) is 0 Å². The standard InChI is InChI=1S/C52H92O6/c1-4-7-10-13-16-19-22-25-26-28-30-33-36-39-42-45-51(54)57-48-49(47-56-50(53)44-41-38-35-32-29-24-21-18-15-12-9-6-3)58-52(55)46-43-40-37-34-31-27-23-20-17-14-11-8-5-2/h9,12,16,18-19,21-22,25,49H,4-8,10-11,13-15,17,20,23-24,26-48H2,1-3H3/b12-9-,19-16-,21-18-,25-22-. The maximum atomic E-state index is 12.8. The van der Waals surface area contributed by atoms with Gasteiger partial charge in [-0.25, -0.2) is 0 Å². The Labute approximate surface area is 358 Å². The van der Waals surface area contributed by atoms with Crippen molar-refractivity contribution in [3.05, 3.63) is 48.6 Å². The molecule has 0 aromatic carbocycles. The Morgan fingerprint density at radius 2 is 0.724 bits per heavy atom. The second kappa shape index (κ2) is 47.1. The third-order valence-electron chi connectivity index (χ3n) is 10.6. The summed E-state index contributed by atoms with van der Waals surface area (Å²) >= 11 is 0. The van der Waals surface area contributed by atoms with Crippen molar-refractivity contribution in [2.75, 3.05) is 13.2 Å². The lowest BCUT2D eigenvalue weighted by atomic mass is 10.0. The number of rotatable bonds is 44. The van der Waals surface area contributed by atoms with Crippen molar-refractivity contribution < 1.29 is 28.6 Å². The minimum Gasteiger partial charge on any atom is -0.462 e. The summed E-state index contributed by atoms with van der Waals surface area (Å²) in [7, 11) is 0. The van der Waals surface area contributed by atoms with Crippen LogP contribution >= 0.6 is 0 Å². The van der Waals surface area contributed by atoms with Crippen molar-refractivity contribution in [3.63, 3.8) is 0 Å². The molecule has 0 saturated carbocycles. The highest BCUT2D eigenvalue weighted by Crippen LogP contribution is 2.15. The Kier molecular flexibility index (Phi) is 44.9. The average Bonchev–Trinajstić information content (AvgIpc) is 3.22. The maximum absolute atomic E-state index is 12.8. The van der Waals surface area contributed by atoms with Gasteiger partial charge in [0.25, 0.3) is 0 Å². The molecule has 0 aromatic heterocycles. The molecule has 1 atom stereocenters. The molecule has 58 heavy (non-hydrogen) atoms. The van der Waals surface area contributed by atoms with Gasteiger partial charge in [-0.05, 0) is 70.6 Å². The highest BCUT2D eigenvalue weighted by atomic mass is 16.6. The average molecular weight is 813 g/mol. The molecule has 0 spiro atoms. The van der Waals surface area contributed by atoms with E-state index in [-0.39, 0.29) is 31.1 Å². The summed E-state index contributed by atoms with van der Waals surface area (Å²) in [4.78, 5) is 37.9. The van der Waals surface area contributed by atoms with E-state index in [0.29, 0.717) is 19.3 Å². The molecule has 6 heteroatoms. The van der Waals surface area contributed by atoms with E-state index in [2.05, 4.69) is 69.4 Å². The topological polar surface area (TPSA) is 78.9 Å². The van der Waals surface area contributed by atoms with Gasteiger partial charge in [-0.2, -0.15) is 0 Å². The predicted octanol–water partition coefficient (Wildman–Crippen LogP) is 15.9. The Morgan fingerprint density at radius 1 is 0.379 bits per heavy atom. The predicted molar refractivity (Wildman–Crippen MR) is 247 cm³/mol. The molecule has 0 bridgehead atoms. The van der Waals surface area contributed by atoms with Crippen LogP contribution in [-0.4, -0.2) is 37.2 Å². The smallest absolute Gasteiger partial charge is 0.306 e. The van der Waals surface area contributed by atoms with Crippen molar-refractivity contribution in [3.8, 4) is 0 Å². The molecule has 0 fully saturated rings. The molecule has 0 N–H and O–H groups in total. The molecule has 0 aliphatic rings. The van der Waals surface area contributed by atoms with Crippen LogP contribution in [0, 0.1) is 0 Å². The summed E-state index contributed by atoms with van der Waals surface area (Å²) in [5, 5.41) is 0. The van der Waals surface area contributed by atoms with Gasteiger partial charge in [0.05, 0.1) is 0 Å². The van der Waals surface area contributed by atoms with E-state index >= 15 is 0 Å². The second-order valence-electron chi connectivity index (χ2n) is 16.4. The molecule has 0 heterocycles. The number of carbonyl (C=O) groups excluding carboxylic acids is 3. The number of ether oxygens (including phenoxy) is 3. The van der Waals surface area contributed by atoms with E-state index in [4.69, 9.17) is 14.2 Å². The summed E-state index contributed by atoms with van der Waals surface area (Å²) in [6.07, 6.45) is 55.2. The van der Waals surface area contributed by atoms with E-state index in [0.717, 1.165) is 89.9 Å². The molecule has 0 aromatic rings. The zero-order chi connectivity index (χ0) is 42.3. The second-order valence-corrected chi connectivity index (χ2v) is 16.4. The molecule has 336 valence electrons. The molecule has 0 aliphatic heterocycles. The van der Waals surface area contributed by atoms with E-state index in [1.165, 1.54) is 116 Å². The molecule has 0 amide bonds. The Morgan fingerprint density at radius 3 is 1.17 bits per heavy atom. The summed E-state index contributed by atoms with van der Waals surface area (Å²) in [6, 6.07) is 0. The van der Waals surface area contributed by atoms with E-state index in [9.17, 15) is 14.4 Å². The fourth-order valence-electron chi connectivity index (χ4n) is 6.88. The lowest BCUT2D eigenvalue weighted by Gasteiger charge is -2.18. The van der Waals surface area contributed by atoms with Crippen molar-refractivity contribution in [2.24, 2.45) is 0 Å². The lowest BCUT2D eigenvalue weighted by Crippen LogP contribution is -2.30. The minimum absolute atomic E-state index is 0.0821. The molecular weight excluding hydrogens is 721 g/mol. The molecular formula is C52H92O6. The number of hydrogen-bond acceptors (Lipinski definition) is 6. The fraction of sp³-hybridized carbons (Fsp3) is 0.788. The molecule has 0 saturated heterocycles. The van der Waals surface area contributed by atoms with E-state index in [1.54, 1.807) is 0 Å². The maximum Gasteiger partial charge on any atom is 0.306 e.